The molecule has 0 spiro atoms. The maximum Gasteiger partial charge on any atom is 0.268 e. The number of carbonyl (C=O) groups is 1. The molecule has 8 nitrogen and oxygen atoms in total. The second kappa shape index (κ2) is 12.0. The summed E-state index contributed by atoms with van der Waals surface area (Å²) in [6.45, 7) is 12.8. The maximum atomic E-state index is 13.9. The summed E-state index contributed by atoms with van der Waals surface area (Å²) in [5.74, 6) is 0.240. The fraction of sp³-hybridized carbons (Fsp3) is 0.441. The van der Waals surface area contributed by atoms with Crippen LogP contribution in [-0.4, -0.2) is 50.6 Å². The van der Waals surface area contributed by atoms with E-state index in [4.69, 9.17) is 0 Å². The van der Waals surface area contributed by atoms with Crippen LogP contribution in [0.2, 0.25) is 0 Å². The topological polar surface area (TPSA) is 102 Å². The van der Waals surface area contributed by atoms with Gasteiger partial charge in [0.2, 0.25) is 10.0 Å². The standard InChI is InChI=1S/C32H38N4O4S.C2H6/c1-31(2,3)34-41(39,40)26-16-12-24(13-17-26)32(38)27-8-4-5-9-29(27)36(30(32)37)19-22-10-14-25(15-11-22)35-20-23-7-6-18-33-28(23)21-35;1-2/h4-5,8-17,23,28,33-34,38H,6-7,18-21H2,1-3H3;1-2H3. The molecule has 9 heteroatoms. The van der Waals surface area contributed by atoms with Gasteiger partial charge in [-0.15, -0.1) is 0 Å². The van der Waals surface area contributed by atoms with Crippen molar-refractivity contribution in [1.29, 1.82) is 0 Å². The molecule has 2 fully saturated rings. The lowest BCUT2D eigenvalue weighted by molar-refractivity contribution is -0.132. The maximum absolute atomic E-state index is 13.9. The summed E-state index contributed by atoms with van der Waals surface area (Å²) in [6.07, 6.45) is 2.52. The number of nitrogens with one attached hydrogen (secondary N) is 2. The minimum absolute atomic E-state index is 0.0727. The molecule has 0 saturated carbocycles. The van der Waals surface area contributed by atoms with Crippen LogP contribution < -0.4 is 19.8 Å². The third-order valence-electron chi connectivity index (χ3n) is 8.40. The van der Waals surface area contributed by atoms with E-state index in [-0.39, 0.29) is 4.90 Å². The quantitative estimate of drug-likeness (QED) is 0.375. The molecule has 0 aliphatic carbocycles. The van der Waals surface area contributed by atoms with Gasteiger partial charge in [0.1, 0.15) is 0 Å². The summed E-state index contributed by atoms with van der Waals surface area (Å²) in [4.78, 5) is 18.0. The average Bonchev–Trinajstić information content (AvgIpc) is 3.52. The molecule has 0 bridgehead atoms. The average molecular weight is 605 g/mol. The molecule has 3 aromatic rings. The zero-order valence-corrected chi connectivity index (χ0v) is 26.6. The zero-order valence-electron chi connectivity index (χ0n) is 25.8. The number of benzene rings is 3. The van der Waals surface area contributed by atoms with E-state index < -0.39 is 27.1 Å². The van der Waals surface area contributed by atoms with Gasteiger partial charge >= 0.3 is 0 Å². The van der Waals surface area contributed by atoms with Gasteiger partial charge in [-0.05, 0) is 87.5 Å². The van der Waals surface area contributed by atoms with Crippen molar-refractivity contribution in [2.75, 3.05) is 29.4 Å². The molecule has 2 saturated heterocycles. The molecule has 3 unspecified atom stereocenters. The number of sulfonamides is 1. The van der Waals surface area contributed by atoms with Crippen molar-refractivity contribution in [1.82, 2.24) is 10.0 Å². The Morgan fingerprint density at radius 1 is 0.977 bits per heavy atom. The summed E-state index contributed by atoms with van der Waals surface area (Å²) in [5, 5.41) is 15.6. The van der Waals surface area contributed by atoms with Crippen LogP contribution >= 0.6 is 0 Å². The summed E-state index contributed by atoms with van der Waals surface area (Å²) in [5.41, 5.74) is 1.04. The van der Waals surface area contributed by atoms with Gasteiger partial charge in [-0.2, -0.15) is 0 Å². The van der Waals surface area contributed by atoms with Crippen molar-refractivity contribution in [2.24, 2.45) is 5.92 Å². The van der Waals surface area contributed by atoms with Crippen molar-refractivity contribution in [3.8, 4) is 0 Å². The highest BCUT2D eigenvalue weighted by Crippen LogP contribution is 2.45. The van der Waals surface area contributed by atoms with Gasteiger partial charge in [0.05, 0.1) is 17.1 Å². The zero-order chi connectivity index (χ0) is 31.0. The molecule has 3 atom stereocenters. The molecule has 3 heterocycles. The van der Waals surface area contributed by atoms with Gasteiger partial charge in [-0.1, -0.05) is 56.3 Å². The third-order valence-corrected chi connectivity index (χ3v) is 10.2. The van der Waals surface area contributed by atoms with E-state index in [1.165, 1.54) is 42.8 Å². The Balaban J connectivity index is 0.00000180. The van der Waals surface area contributed by atoms with E-state index in [1.54, 1.807) is 37.8 Å². The Hall–Kier alpha value is -3.24. The third kappa shape index (κ3) is 6.09. The number of carbonyl (C=O) groups excluding carboxylic acids is 1. The van der Waals surface area contributed by atoms with Gasteiger partial charge in [0, 0.05) is 35.9 Å². The first-order valence-electron chi connectivity index (χ1n) is 15.3. The van der Waals surface area contributed by atoms with Gasteiger partial charge in [0.25, 0.3) is 5.91 Å². The molecule has 3 N–H and O–H groups in total. The van der Waals surface area contributed by atoms with Crippen molar-refractivity contribution in [3.05, 3.63) is 89.5 Å². The Labute approximate surface area is 256 Å². The van der Waals surface area contributed by atoms with E-state index in [0.29, 0.717) is 35.3 Å². The van der Waals surface area contributed by atoms with E-state index in [2.05, 4.69) is 39.2 Å². The second-order valence-corrected chi connectivity index (χ2v) is 14.2. The number of aliphatic hydroxyl groups is 1. The van der Waals surface area contributed by atoms with Crippen LogP contribution in [0.5, 0.6) is 0 Å². The van der Waals surface area contributed by atoms with Crippen LogP contribution in [-0.2, 0) is 27.0 Å². The molecule has 3 aliphatic rings. The molecule has 0 radical (unpaired) electrons. The Morgan fingerprint density at radius 3 is 2.30 bits per heavy atom. The number of nitrogens with zero attached hydrogens (tertiary/aromatic N) is 2. The summed E-state index contributed by atoms with van der Waals surface area (Å²) in [6, 6.07) is 22.1. The van der Waals surface area contributed by atoms with Crippen molar-refractivity contribution in [2.45, 2.75) is 76.1 Å². The van der Waals surface area contributed by atoms with Gasteiger partial charge < -0.3 is 20.2 Å². The highest BCUT2D eigenvalue weighted by molar-refractivity contribution is 7.89. The first-order chi connectivity index (χ1) is 20.5. The van der Waals surface area contributed by atoms with Gasteiger partial charge in [-0.25, -0.2) is 13.1 Å². The highest BCUT2D eigenvalue weighted by atomic mass is 32.2. The molecule has 3 aromatic carbocycles. The summed E-state index contributed by atoms with van der Waals surface area (Å²) < 4.78 is 28.2. The fourth-order valence-electron chi connectivity index (χ4n) is 6.46. The first-order valence-corrected chi connectivity index (χ1v) is 16.8. The number of hydrogen-bond donors (Lipinski definition) is 3. The molecule has 6 rings (SSSR count). The monoisotopic (exact) mass is 604 g/mol. The molecular formula is C34H44N4O4S. The largest absolute Gasteiger partial charge is 0.372 e. The molecule has 230 valence electrons. The highest BCUT2D eigenvalue weighted by Gasteiger charge is 2.51. The number of para-hydroxylation sites is 1. The predicted molar refractivity (Wildman–Crippen MR) is 172 cm³/mol. The van der Waals surface area contributed by atoms with E-state index in [1.807, 2.05) is 26.0 Å². The van der Waals surface area contributed by atoms with Crippen molar-refractivity contribution in [3.63, 3.8) is 0 Å². The van der Waals surface area contributed by atoms with E-state index in [9.17, 15) is 18.3 Å². The van der Waals surface area contributed by atoms with Crippen LogP contribution in [0.15, 0.2) is 77.7 Å². The second-order valence-electron chi connectivity index (χ2n) is 12.5. The smallest absolute Gasteiger partial charge is 0.268 e. The normalized spacial score (nSPS) is 23.4. The van der Waals surface area contributed by atoms with Crippen LogP contribution in [0, 0.1) is 5.92 Å². The lowest BCUT2D eigenvalue weighted by Gasteiger charge is -2.25. The fourth-order valence-corrected chi connectivity index (χ4v) is 7.88. The molecular weight excluding hydrogens is 560 g/mol. The first kappa shape index (κ1) is 31.2. The number of rotatable bonds is 6. The number of fused-ring (bicyclic) bond motifs is 2. The van der Waals surface area contributed by atoms with E-state index >= 15 is 0 Å². The van der Waals surface area contributed by atoms with Crippen molar-refractivity contribution < 1.29 is 18.3 Å². The number of piperidine rings is 1. The Morgan fingerprint density at radius 2 is 1.65 bits per heavy atom. The van der Waals surface area contributed by atoms with E-state index in [0.717, 1.165) is 25.2 Å². The molecule has 1 amide bonds. The summed E-state index contributed by atoms with van der Waals surface area (Å²) >= 11 is 0. The molecule has 0 aromatic heterocycles. The van der Waals surface area contributed by atoms with Crippen LogP contribution in [0.1, 0.15) is 64.2 Å². The predicted octanol–water partition coefficient (Wildman–Crippen LogP) is 4.76. The lowest BCUT2D eigenvalue weighted by Crippen LogP contribution is -2.41. The minimum Gasteiger partial charge on any atom is -0.372 e. The molecule has 3 aliphatic heterocycles. The van der Waals surface area contributed by atoms with Crippen molar-refractivity contribution >= 4 is 27.3 Å². The van der Waals surface area contributed by atoms with Crippen LogP contribution in [0.25, 0.3) is 0 Å². The number of hydrogen-bond acceptors (Lipinski definition) is 6. The molecule has 43 heavy (non-hydrogen) atoms. The van der Waals surface area contributed by atoms with Crippen LogP contribution in [0.3, 0.4) is 0 Å². The summed E-state index contributed by atoms with van der Waals surface area (Å²) in [7, 11) is -3.75. The Bertz CT molecular complexity index is 1540. The SMILES string of the molecule is CC.CC(C)(C)NS(=O)(=O)c1ccc(C2(O)C(=O)N(Cc3ccc(N4CC5CCCNC5C4)cc3)c3ccccc32)cc1. The minimum atomic E-state index is -3.75. The van der Waals surface area contributed by atoms with Crippen LogP contribution in [0.4, 0.5) is 11.4 Å². The Kier molecular flexibility index (Phi) is 8.73. The number of amides is 1. The van der Waals surface area contributed by atoms with Gasteiger partial charge in [0.15, 0.2) is 5.60 Å². The number of anilines is 2. The van der Waals surface area contributed by atoms with Gasteiger partial charge in [-0.3, -0.25) is 4.79 Å². The lowest BCUT2D eigenvalue weighted by atomic mass is 9.87.